The van der Waals surface area contributed by atoms with Gasteiger partial charge in [0.05, 0.1) is 11.6 Å². The Balaban J connectivity index is 1.66. The number of hydrogen-bond donors (Lipinski definition) is 5. The smallest absolute Gasteiger partial charge is 0.255 e. The summed E-state index contributed by atoms with van der Waals surface area (Å²) in [6.45, 7) is 0.761. The molecule has 1 amide bonds. The van der Waals surface area contributed by atoms with Crippen molar-refractivity contribution < 1.29 is 34.8 Å². The number of phenols is 1. The highest BCUT2D eigenvalue weighted by Crippen LogP contribution is 2.53. The molecule has 210 valence electrons. The second kappa shape index (κ2) is 9.58. The van der Waals surface area contributed by atoms with Crippen LogP contribution in [-0.2, 0) is 22.6 Å². The van der Waals surface area contributed by atoms with Crippen molar-refractivity contribution in [2.75, 3.05) is 28.2 Å². The Hall–Kier alpha value is -3.99. The molecule has 40 heavy (non-hydrogen) atoms. The van der Waals surface area contributed by atoms with E-state index >= 15 is 0 Å². The number of fused-ring (bicyclic) bond motifs is 3. The van der Waals surface area contributed by atoms with E-state index in [1.807, 2.05) is 38.4 Å². The molecule has 10 heteroatoms. The van der Waals surface area contributed by atoms with Crippen molar-refractivity contribution >= 4 is 17.5 Å². The number of phenolic OH excluding ortho intramolecular Hbond substituents is 1. The first-order valence-electron chi connectivity index (χ1n) is 13.0. The number of allylic oxidation sites excluding steroid dienone is 1. The van der Waals surface area contributed by atoms with Gasteiger partial charge < -0.3 is 31.1 Å². The molecule has 0 saturated heterocycles. The highest BCUT2D eigenvalue weighted by Gasteiger charge is 2.63. The number of rotatable bonds is 5. The van der Waals surface area contributed by atoms with Crippen molar-refractivity contribution in [2.24, 2.45) is 17.6 Å². The predicted octanol–water partition coefficient (Wildman–Crippen LogP) is 1.85. The number of benzene rings is 2. The van der Waals surface area contributed by atoms with Gasteiger partial charge in [-0.2, -0.15) is 0 Å². The van der Waals surface area contributed by atoms with Crippen molar-refractivity contribution in [3.05, 3.63) is 75.8 Å². The fraction of sp³-hybridized carbons (Fsp3) is 0.367. The third-order valence-corrected chi connectivity index (χ3v) is 8.37. The van der Waals surface area contributed by atoms with Gasteiger partial charge in [-0.25, -0.2) is 0 Å². The maximum Gasteiger partial charge on any atom is 0.255 e. The highest BCUT2D eigenvalue weighted by molar-refractivity contribution is 6.24. The van der Waals surface area contributed by atoms with E-state index in [1.165, 1.54) is 11.0 Å². The van der Waals surface area contributed by atoms with Crippen LogP contribution in [0.3, 0.4) is 0 Å². The van der Waals surface area contributed by atoms with Crippen LogP contribution >= 0.6 is 0 Å². The van der Waals surface area contributed by atoms with E-state index in [0.29, 0.717) is 5.56 Å². The first kappa shape index (κ1) is 27.6. The fourth-order valence-corrected chi connectivity index (χ4v) is 6.68. The normalized spacial score (nSPS) is 26.2. The molecule has 1 unspecified atom stereocenters. The zero-order valence-electron chi connectivity index (χ0n) is 22.8. The van der Waals surface area contributed by atoms with E-state index in [0.717, 1.165) is 23.2 Å². The largest absolute Gasteiger partial charge is 0.510 e. The Bertz CT molecular complexity index is 1510. The van der Waals surface area contributed by atoms with E-state index in [4.69, 9.17) is 5.73 Å². The van der Waals surface area contributed by atoms with Gasteiger partial charge in [0.1, 0.15) is 22.8 Å². The van der Waals surface area contributed by atoms with Crippen LogP contribution in [-0.4, -0.2) is 87.5 Å². The van der Waals surface area contributed by atoms with Gasteiger partial charge >= 0.3 is 0 Å². The lowest BCUT2D eigenvalue weighted by Gasteiger charge is -2.50. The summed E-state index contributed by atoms with van der Waals surface area (Å²) in [6, 6.07) is 10.0. The van der Waals surface area contributed by atoms with Gasteiger partial charge in [0.15, 0.2) is 11.4 Å². The number of aliphatic hydroxyl groups excluding tert-OH is 2. The Labute approximate surface area is 231 Å². The van der Waals surface area contributed by atoms with Crippen LogP contribution in [0.1, 0.15) is 27.9 Å². The summed E-state index contributed by atoms with van der Waals surface area (Å²) in [5.41, 5.74) is 5.03. The highest BCUT2D eigenvalue weighted by atomic mass is 16.3. The number of aliphatic hydroxyl groups is 3. The van der Waals surface area contributed by atoms with Crippen LogP contribution in [0.25, 0.3) is 11.1 Å². The first-order chi connectivity index (χ1) is 18.8. The number of Topliss-reactive ketones (excluding diaryl/α,β-unsaturated/α-hetero) is 2. The molecule has 0 aliphatic heterocycles. The molecule has 0 saturated carbocycles. The van der Waals surface area contributed by atoms with Gasteiger partial charge in [0.2, 0.25) is 5.78 Å². The van der Waals surface area contributed by atoms with E-state index in [-0.39, 0.29) is 29.7 Å². The first-order valence-corrected chi connectivity index (χ1v) is 13.0. The maximum absolute atomic E-state index is 13.9. The third kappa shape index (κ3) is 3.94. The average Bonchev–Trinajstić information content (AvgIpc) is 2.86. The number of nitrogens with zero attached hydrogens (tertiary/aromatic N) is 2. The minimum atomic E-state index is -2.65. The molecule has 0 heterocycles. The quantitative estimate of drug-likeness (QED) is 0.351. The lowest BCUT2D eigenvalue weighted by atomic mass is 9.58. The van der Waals surface area contributed by atoms with Gasteiger partial charge in [-0.15, -0.1) is 0 Å². The molecular weight excluding hydrogens is 514 g/mol. The predicted molar refractivity (Wildman–Crippen MR) is 147 cm³/mol. The van der Waals surface area contributed by atoms with E-state index in [9.17, 15) is 34.8 Å². The molecule has 10 nitrogen and oxygen atoms in total. The number of primary amides is 1. The topological polar surface area (TPSA) is 165 Å². The van der Waals surface area contributed by atoms with Gasteiger partial charge in [-0.05, 0) is 75.3 Å². The number of hydrogen-bond acceptors (Lipinski definition) is 9. The number of ketones is 2. The minimum absolute atomic E-state index is 0.00403. The zero-order valence-corrected chi connectivity index (χ0v) is 22.8. The van der Waals surface area contributed by atoms with Gasteiger partial charge in [-0.3, -0.25) is 19.3 Å². The SMILES string of the molecule is CN(C)Cc1ccc(-c2ccc(O)c3c2C[C@H]2C[C@H]4C(N(C)C)C(O)=C(C(N)=O)C(=O)[C@@]4(O)C(O)=C2C3=O)cc1. The lowest BCUT2D eigenvalue weighted by Crippen LogP contribution is -2.63. The summed E-state index contributed by atoms with van der Waals surface area (Å²) in [7, 11) is 7.16. The molecule has 5 rings (SSSR count). The number of amides is 1. The molecule has 0 bridgehead atoms. The number of likely N-dealkylation sites (N-methyl/N-ethyl adjacent to an activating group) is 1. The van der Waals surface area contributed by atoms with Crippen LogP contribution in [0.5, 0.6) is 5.75 Å². The lowest BCUT2D eigenvalue weighted by molar-refractivity contribution is -0.148. The Morgan fingerprint density at radius 1 is 1.02 bits per heavy atom. The summed E-state index contributed by atoms with van der Waals surface area (Å²) in [5, 5.41) is 44.8. The molecule has 0 fully saturated rings. The summed E-state index contributed by atoms with van der Waals surface area (Å²) >= 11 is 0. The zero-order chi connectivity index (χ0) is 29.3. The molecule has 0 aromatic heterocycles. The maximum atomic E-state index is 13.9. The molecule has 0 spiro atoms. The van der Waals surface area contributed by atoms with Gasteiger partial charge in [0, 0.05) is 18.0 Å². The van der Waals surface area contributed by atoms with Crippen LogP contribution < -0.4 is 5.73 Å². The number of carbonyl (C=O) groups is 3. The van der Waals surface area contributed by atoms with Crippen molar-refractivity contribution in [3.8, 4) is 16.9 Å². The average molecular weight is 548 g/mol. The van der Waals surface area contributed by atoms with Crippen LogP contribution in [0, 0.1) is 11.8 Å². The van der Waals surface area contributed by atoms with Crippen molar-refractivity contribution in [3.63, 3.8) is 0 Å². The monoisotopic (exact) mass is 547 g/mol. The molecule has 4 atom stereocenters. The molecule has 2 aromatic carbocycles. The summed E-state index contributed by atoms with van der Waals surface area (Å²) in [4.78, 5) is 43.0. The van der Waals surface area contributed by atoms with Crippen LogP contribution in [0.15, 0.2) is 59.1 Å². The van der Waals surface area contributed by atoms with Gasteiger partial charge in [-0.1, -0.05) is 30.3 Å². The molecule has 6 N–H and O–H groups in total. The number of aromatic hydroxyl groups is 1. The Morgan fingerprint density at radius 2 is 1.68 bits per heavy atom. The number of nitrogens with two attached hydrogens (primary N) is 1. The standard InChI is InChI=1S/C30H33N3O7/c1-32(2)13-14-5-7-15(8-6-14)17-9-10-20(34)22-18(17)11-16-12-19-24(33(3)4)26(36)23(29(31)39)28(38)30(19,40)27(37)21(16)25(22)35/h5-10,16,19,24,34,36-37,40H,11-13H2,1-4H3,(H2,31,39)/t16-,19-,24?,30-/m0/s1. The molecule has 3 aliphatic carbocycles. The molecule has 2 aromatic rings. The fourth-order valence-electron chi connectivity index (χ4n) is 6.68. The number of carbonyl (C=O) groups excluding carboxylic acids is 3. The molecular formula is C30H33N3O7. The second-order valence-corrected chi connectivity index (χ2v) is 11.4. The van der Waals surface area contributed by atoms with Crippen LogP contribution in [0.4, 0.5) is 0 Å². The summed E-state index contributed by atoms with van der Waals surface area (Å²) in [5.74, 6) is -6.63. The van der Waals surface area contributed by atoms with Crippen molar-refractivity contribution in [1.82, 2.24) is 9.80 Å². The van der Waals surface area contributed by atoms with Gasteiger partial charge in [0.25, 0.3) is 5.91 Å². The van der Waals surface area contributed by atoms with E-state index in [2.05, 4.69) is 4.90 Å². The van der Waals surface area contributed by atoms with Crippen LogP contribution in [0.2, 0.25) is 0 Å². The molecule has 0 radical (unpaired) electrons. The molecule has 3 aliphatic rings. The second-order valence-electron chi connectivity index (χ2n) is 11.4. The van der Waals surface area contributed by atoms with Crippen molar-refractivity contribution in [2.45, 2.75) is 31.0 Å². The van der Waals surface area contributed by atoms with E-state index < -0.39 is 58.0 Å². The van der Waals surface area contributed by atoms with Crippen molar-refractivity contribution in [1.29, 1.82) is 0 Å². The Morgan fingerprint density at radius 3 is 2.25 bits per heavy atom. The third-order valence-electron chi connectivity index (χ3n) is 8.37. The summed E-state index contributed by atoms with van der Waals surface area (Å²) < 4.78 is 0. The minimum Gasteiger partial charge on any atom is -0.510 e. The van der Waals surface area contributed by atoms with E-state index in [1.54, 1.807) is 20.2 Å². The Kier molecular flexibility index (Phi) is 6.60. The summed E-state index contributed by atoms with van der Waals surface area (Å²) in [6.07, 6.45) is 0.278.